The van der Waals surface area contributed by atoms with Crippen LogP contribution < -0.4 is 0 Å². The van der Waals surface area contributed by atoms with E-state index in [0.717, 1.165) is 0 Å². The van der Waals surface area contributed by atoms with E-state index >= 15 is 0 Å². The summed E-state index contributed by atoms with van der Waals surface area (Å²) < 4.78 is 8.92. The molecule has 1 fully saturated rings. The van der Waals surface area contributed by atoms with Gasteiger partial charge in [0.25, 0.3) is 0 Å². The molecule has 1 saturated carbocycles. The van der Waals surface area contributed by atoms with E-state index in [9.17, 15) is 9.59 Å². The lowest BCUT2D eigenvalue weighted by atomic mass is 9.55. The number of ether oxygens (including phenoxy) is 2. The second-order valence-electron chi connectivity index (χ2n) is 4.74. The van der Waals surface area contributed by atoms with E-state index in [1.54, 1.807) is 20.8 Å². The van der Waals surface area contributed by atoms with Crippen molar-refractivity contribution < 1.29 is 19.1 Å². The van der Waals surface area contributed by atoms with Crippen molar-refractivity contribution in [1.82, 2.24) is 0 Å². The lowest BCUT2D eigenvalue weighted by molar-refractivity contribution is -0.162. The minimum absolute atomic E-state index is 0.225. The summed E-state index contributed by atoms with van der Waals surface area (Å²) in [6, 6.07) is 0. The van der Waals surface area contributed by atoms with Crippen molar-refractivity contribution >= 4 is 35.1 Å². The van der Waals surface area contributed by atoms with Gasteiger partial charge in [0.1, 0.15) is 10.1 Å². The highest BCUT2D eigenvalue weighted by molar-refractivity contribution is 6.50. The maximum absolute atomic E-state index is 12.0. The van der Waals surface area contributed by atoms with Crippen LogP contribution in [0.2, 0.25) is 0 Å². The lowest BCUT2D eigenvalue weighted by Gasteiger charge is -2.57. The van der Waals surface area contributed by atoms with Gasteiger partial charge in [-0.3, -0.25) is 4.79 Å². The van der Waals surface area contributed by atoms with E-state index in [2.05, 4.69) is 0 Å². The van der Waals surface area contributed by atoms with Crippen LogP contribution in [0.15, 0.2) is 11.3 Å². The van der Waals surface area contributed by atoms with Crippen LogP contribution in [0.3, 0.4) is 0 Å². The third-order valence-electron chi connectivity index (χ3n) is 3.81. The first-order valence-electron chi connectivity index (χ1n) is 5.73. The van der Waals surface area contributed by atoms with E-state index in [1.165, 1.54) is 0 Å². The van der Waals surface area contributed by atoms with Gasteiger partial charge in [0.05, 0.1) is 18.1 Å². The van der Waals surface area contributed by atoms with Crippen molar-refractivity contribution in [3.63, 3.8) is 0 Å². The van der Waals surface area contributed by atoms with Crippen molar-refractivity contribution in [3.8, 4) is 0 Å². The molecule has 0 aromatic carbocycles. The Morgan fingerprint density at radius 3 is 2.67 bits per heavy atom. The molecule has 100 valence electrons. The second-order valence-corrected chi connectivity index (χ2v) is 6.22. The van der Waals surface area contributed by atoms with E-state index in [4.69, 9.17) is 32.7 Å². The smallest absolute Gasteiger partial charge is 0.338 e. The van der Waals surface area contributed by atoms with Gasteiger partial charge >= 0.3 is 11.9 Å². The van der Waals surface area contributed by atoms with Crippen LogP contribution in [-0.2, 0) is 19.1 Å². The number of esters is 2. The van der Waals surface area contributed by atoms with Crippen LogP contribution >= 0.6 is 23.2 Å². The van der Waals surface area contributed by atoms with E-state index in [1.807, 2.05) is 0 Å². The number of hydrogen-bond acceptors (Lipinski definition) is 4. The van der Waals surface area contributed by atoms with Gasteiger partial charge in [-0.25, -0.2) is 4.79 Å². The molecule has 0 radical (unpaired) electrons. The Morgan fingerprint density at radius 1 is 1.56 bits per heavy atom. The van der Waals surface area contributed by atoms with Crippen LogP contribution in [0.4, 0.5) is 0 Å². The minimum atomic E-state index is -1.15. The third kappa shape index (κ3) is 1.58. The molecule has 0 N–H and O–H groups in total. The van der Waals surface area contributed by atoms with Crippen molar-refractivity contribution in [3.05, 3.63) is 11.3 Å². The molecule has 1 aliphatic carbocycles. The molecule has 0 spiro atoms. The van der Waals surface area contributed by atoms with Crippen molar-refractivity contribution in [1.29, 1.82) is 0 Å². The molecule has 4 nitrogen and oxygen atoms in total. The van der Waals surface area contributed by atoms with Gasteiger partial charge in [-0.15, -0.1) is 23.2 Å². The molecule has 6 heteroatoms. The average Bonchev–Trinajstić information content (AvgIpc) is 2.24. The molecule has 2 atom stereocenters. The maximum Gasteiger partial charge on any atom is 0.338 e. The molecule has 2 rings (SSSR count). The Hall–Kier alpha value is -0.740. The Kier molecular flexibility index (Phi) is 3.14. The number of rotatable bonds is 2. The number of cyclic esters (lactones) is 1. The Bertz CT molecular complexity index is 455. The molecule has 0 bridgehead atoms. The topological polar surface area (TPSA) is 52.6 Å². The Labute approximate surface area is 115 Å². The molecule has 2 unspecified atom stereocenters. The molecular formula is C12H14Cl2O4. The highest BCUT2D eigenvalue weighted by atomic mass is 35.5. The second kappa shape index (κ2) is 4.14. The fraction of sp³-hybridized carbons (Fsp3) is 0.667. The Balaban J connectivity index is 2.50. The number of allylic oxidation sites excluding steroid dienone is 1. The highest BCUT2D eigenvalue weighted by Gasteiger charge is 2.70. The predicted octanol–water partition coefficient (Wildman–Crippen LogP) is 2.58. The minimum Gasteiger partial charge on any atom is -0.463 e. The monoisotopic (exact) mass is 292 g/mol. The first-order valence-corrected chi connectivity index (χ1v) is 6.49. The first kappa shape index (κ1) is 13.7. The summed E-state index contributed by atoms with van der Waals surface area (Å²) in [5.74, 6) is -1.18. The first-order chi connectivity index (χ1) is 8.25. The molecule has 18 heavy (non-hydrogen) atoms. The van der Waals surface area contributed by atoms with Crippen LogP contribution in [0.5, 0.6) is 0 Å². The quantitative estimate of drug-likeness (QED) is 0.580. The number of carbonyl (C=O) groups is 2. The summed E-state index contributed by atoms with van der Waals surface area (Å²) in [5, 5.41) is 0. The van der Waals surface area contributed by atoms with Crippen LogP contribution in [-0.4, -0.2) is 22.9 Å². The largest absolute Gasteiger partial charge is 0.463 e. The fourth-order valence-electron chi connectivity index (χ4n) is 2.67. The standard InChI is InChI=1S/C12H14Cl2O4/c1-4-17-10(16)8-6(2)18-9(15)7-5-12(13,14)11(7,8)3/h7H,4-5H2,1-3H3. The zero-order chi connectivity index (χ0) is 13.7. The normalized spacial score (nSPS) is 33.4. The zero-order valence-corrected chi connectivity index (χ0v) is 11.9. The molecule has 1 heterocycles. The van der Waals surface area contributed by atoms with Crippen molar-refractivity contribution in [2.45, 2.75) is 31.5 Å². The summed E-state index contributed by atoms with van der Waals surface area (Å²) in [7, 11) is 0. The molecule has 0 aromatic heterocycles. The van der Waals surface area contributed by atoms with Crippen molar-refractivity contribution in [2.75, 3.05) is 6.61 Å². The summed E-state index contributed by atoms with van der Waals surface area (Å²) in [5.41, 5.74) is -0.674. The molecular weight excluding hydrogens is 279 g/mol. The summed E-state index contributed by atoms with van der Waals surface area (Å²) in [4.78, 5) is 23.8. The lowest BCUT2D eigenvalue weighted by Crippen LogP contribution is -2.62. The average molecular weight is 293 g/mol. The van der Waals surface area contributed by atoms with Gasteiger partial charge in [-0.1, -0.05) is 6.92 Å². The van der Waals surface area contributed by atoms with Gasteiger partial charge in [-0.05, 0) is 20.3 Å². The highest BCUT2D eigenvalue weighted by Crippen LogP contribution is 2.66. The van der Waals surface area contributed by atoms with E-state index < -0.39 is 21.6 Å². The van der Waals surface area contributed by atoms with Gasteiger partial charge in [0.2, 0.25) is 0 Å². The summed E-state index contributed by atoms with van der Waals surface area (Å²) in [6.45, 7) is 5.20. The fourth-order valence-corrected chi connectivity index (χ4v) is 3.43. The number of carbonyl (C=O) groups excluding carboxylic acids is 2. The van der Waals surface area contributed by atoms with Gasteiger partial charge in [0.15, 0.2) is 0 Å². The molecule has 0 saturated heterocycles. The Morgan fingerprint density at radius 2 is 2.17 bits per heavy atom. The van der Waals surface area contributed by atoms with Crippen molar-refractivity contribution in [2.24, 2.45) is 11.3 Å². The number of fused-ring (bicyclic) bond motifs is 1. The summed E-state index contributed by atoms with van der Waals surface area (Å²) >= 11 is 12.4. The summed E-state index contributed by atoms with van der Waals surface area (Å²) in [6.07, 6.45) is 0.279. The van der Waals surface area contributed by atoms with E-state index in [0.29, 0.717) is 0 Å². The van der Waals surface area contributed by atoms with Gasteiger partial charge in [0, 0.05) is 5.41 Å². The SMILES string of the molecule is CCOC(=O)C1=C(C)OC(=O)C2CC(Cl)(Cl)C12C. The number of hydrogen-bond donors (Lipinski definition) is 0. The molecule has 0 amide bonds. The third-order valence-corrected chi connectivity index (χ3v) is 4.90. The molecule has 1 aliphatic heterocycles. The van der Waals surface area contributed by atoms with Gasteiger partial charge < -0.3 is 9.47 Å². The number of halogens is 2. The van der Waals surface area contributed by atoms with E-state index in [-0.39, 0.29) is 30.3 Å². The molecule has 2 aliphatic rings. The predicted molar refractivity (Wildman–Crippen MR) is 66.1 cm³/mol. The van der Waals surface area contributed by atoms with Crippen LogP contribution in [0, 0.1) is 11.3 Å². The number of alkyl halides is 2. The molecule has 0 aromatic rings. The van der Waals surface area contributed by atoms with Crippen LogP contribution in [0.1, 0.15) is 27.2 Å². The van der Waals surface area contributed by atoms with Crippen LogP contribution in [0.25, 0.3) is 0 Å². The zero-order valence-electron chi connectivity index (χ0n) is 10.4. The van der Waals surface area contributed by atoms with Gasteiger partial charge in [-0.2, -0.15) is 0 Å². The maximum atomic E-state index is 12.0.